The second-order valence-electron chi connectivity index (χ2n) is 10.6. The van der Waals surface area contributed by atoms with E-state index in [4.69, 9.17) is 4.74 Å². The maximum Gasteiger partial charge on any atom is 0.0880 e. The summed E-state index contributed by atoms with van der Waals surface area (Å²) in [5, 5.41) is 0. The molecule has 4 heterocycles. The second-order valence-corrected chi connectivity index (χ2v) is 10.6. The minimum atomic E-state index is 0.304. The van der Waals surface area contributed by atoms with Crippen molar-refractivity contribution in [2.24, 2.45) is 5.41 Å². The van der Waals surface area contributed by atoms with Crippen molar-refractivity contribution >= 4 is 0 Å². The summed E-state index contributed by atoms with van der Waals surface area (Å²) in [6.45, 7) is 23.7. The predicted octanol–water partition coefficient (Wildman–Crippen LogP) is 1.59. The third kappa shape index (κ3) is 3.70. The molecule has 5 heteroatoms. The zero-order valence-corrected chi connectivity index (χ0v) is 17.7. The molecule has 0 aromatic rings. The fourth-order valence-corrected chi connectivity index (χ4v) is 5.43. The first-order valence-electron chi connectivity index (χ1n) is 10.8. The van der Waals surface area contributed by atoms with E-state index in [9.17, 15) is 0 Å². The average molecular weight is 365 g/mol. The molecule has 0 saturated carbocycles. The van der Waals surface area contributed by atoms with Gasteiger partial charge in [-0.2, -0.15) is 0 Å². The highest BCUT2D eigenvalue weighted by Gasteiger charge is 2.49. The molecule has 5 nitrogen and oxygen atoms in total. The Bertz CT molecular complexity index is 489. The van der Waals surface area contributed by atoms with Crippen LogP contribution in [0.2, 0.25) is 0 Å². The van der Waals surface area contributed by atoms with Crippen LogP contribution >= 0.6 is 0 Å². The molecule has 4 saturated heterocycles. The van der Waals surface area contributed by atoms with E-state index < -0.39 is 0 Å². The molecule has 4 aliphatic heterocycles. The van der Waals surface area contributed by atoms with Gasteiger partial charge in [-0.15, -0.1) is 0 Å². The first-order valence-corrected chi connectivity index (χ1v) is 10.8. The van der Waals surface area contributed by atoms with Crippen LogP contribution in [0, 0.1) is 5.41 Å². The van der Waals surface area contributed by atoms with Crippen LogP contribution in [0.4, 0.5) is 0 Å². The number of piperazine rings is 1. The van der Waals surface area contributed by atoms with Gasteiger partial charge in [0.15, 0.2) is 0 Å². The summed E-state index contributed by atoms with van der Waals surface area (Å²) in [5.74, 6) is 0. The molecule has 1 spiro atoms. The van der Waals surface area contributed by atoms with Crippen LogP contribution in [-0.2, 0) is 4.74 Å². The Hall–Kier alpha value is -0.200. The monoisotopic (exact) mass is 364 g/mol. The van der Waals surface area contributed by atoms with Crippen molar-refractivity contribution in [3.63, 3.8) is 0 Å². The lowest BCUT2D eigenvalue weighted by Gasteiger charge is -2.51. The maximum atomic E-state index is 6.02. The first kappa shape index (κ1) is 19.1. The minimum Gasteiger partial charge on any atom is -0.373 e. The molecular formula is C21H40N4O. The summed E-state index contributed by atoms with van der Waals surface area (Å²) in [7, 11) is 0. The van der Waals surface area contributed by atoms with Crippen molar-refractivity contribution in [3.8, 4) is 0 Å². The van der Waals surface area contributed by atoms with Crippen LogP contribution in [0.25, 0.3) is 0 Å². The van der Waals surface area contributed by atoms with E-state index in [1.807, 2.05) is 0 Å². The van der Waals surface area contributed by atoms with Gasteiger partial charge < -0.3 is 9.64 Å². The summed E-state index contributed by atoms with van der Waals surface area (Å²) < 4.78 is 6.02. The van der Waals surface area contributed by atoms with Crippen molar-refractivity contribution < 1.29 is 4.74 Å². The fourth-order valence-electron chi connectivity index (χ4n) is 5.43. The third-order valence-corrected chi connectivity index (χ3v) is 7.41. The lowest BCUT2D eigenvalue weighted by Crippen LogP contribution is -2.65. The number of rotatable bonds is 4. The summed E-state index contributed by atoms with van der Waals surface area (Å²) in [5.41, 5.74) is 0.903. The van der Waals surface area contributed by atoms with Crippen LogP contribution in [-0.4, -0.2) is 109 Å². The molecule has 0 bridgehead atoms. The Morgan fingerprint density at radius 1 is 1.00 bits per heavy atom. The summed E-state index contributed by atoms with van der Waals surface area (Å²) in [6, 6.07) is 1.36. The quantitative estimate of drug-likeness (QED) is 0.753. The van der Waals surface area contributed by atoms with Gasteiger partial charge in [-0.05, 0) is 47.6 Å². The van der Waals surface area contributed by atoms with Crippen molar-refractivity contribution in [1.29, 1.82) is 0 Å². The van der Waals surface area contributed by atoms with Crippen LogP contribution < -0.4 is 0 Å². The van der Waals surface area contributed by atoms with Crippen LogP contribution in [0.5, 0.6) is 0 Å². The Balaban J connectivity index is 1.22. The van der Waals surface area contributed by atoms with Gasteiger partial charge in [-0.1, -0.05) is 0 Å². The third-order valence-electron chi connectivity index (χ3n) is 7.41. The van der Waals surface area contributed by atoms with Gasteiger partial charge in [-0.3, -0.25) is 14.7 Å². The number of hydrogen-bond acceptors (Lipinski definition) is 5. The van der Waals surface area contributed by atoms with Crippen molar-refractivity contribution in [2.45, 2.75) is 64.8 Å². The summed E-state index contributed by atoms with van der Waals surface area (Å²) in [6.07, 6.45) is 1.82. The van der Waals surface area contributed by atoms with Gasteiger partial charge >= 0.3 is 0 Å². The highest BCUT2D eigenvalue weighted by atomic mass is 16.5. The zero-order chi connectivity index (χ0) is 18.5. The number of ether oxygens (including phenoxy) is 1. The molecular weight excluding hydrogens is 324 g/mol. The van der Waals surface area contributed by atoms with Gasteiger partial charge in [0.1, 0.15) is 0 Å². The number of hydrogen-bond donors (Lipinski definition) is 0. The largest absolute Gasteiger partial charge is 0.373 e. The lowest BCUT2D eigenvalue weighted by molar-refractivity contribution is -0.152. The Morgan fingerprint density at radius 3 is 2.23 bits per heavy atom. The molecule has 4 fully saturated rings. The molecule has 0 radical (unpaired) electrons. The highest BCUT2D eigenvalue weighted by molar-refractivity contribution is 5.03. The van der Waals surface area contributed by atoms with Crippen molar-refractivity contribution in [2.75, 3.05) is 65.5 Å². The molecule has 4 rings (SSSR count). The van der Waals surface area contributed by atoms with Crippen molar-refractivity contribution in [1.82, 2.24) is 19.6 Å². The molecule has 0 aromatic carbocycles. The van der Waals surface area contributed by atoms with Crippen LogP contribution in [0.3, 0.4) is 0 Å². The Morgan fingerprint density at radius 2 is 1.69 bits per heavy atom. The van der Waals surface area contributed by atoms with Gasteiger partial charge in [0, 0.05) is 69.4 Å². The normalized spacial score (nSPS) is 34.4. The standard InChI is InChI=1S/C21H40N4O/c1-17(2)24-15-21(16-24)6-7-22(14-21)12-19-18(13-26-19)23-8-10-25(11-9-23)20(3,4)5/h17-19H,6-16H2,1-5H3. The molecule has 2 unspecified atom stereocenters. The first-order chi connectivity index (χ1) is 12.3. The highest BCUT2D eigenvalue weighted by Crippen LogP contribution is 2.40. The molecule has 2 atom stereocenters. The van der Waals surface area contributed by atoms with E-state index >= 15 is 0 Å². The molecule has 4 aliphatic rings. The minimum absolute atomic E-state index is 0.304. The zero-order valence-electron chi connectivity index (χ0n) is 17.7. The van der Waals surface area contributed by atoms with Gasteiger partial charge in [0.25, 0.3) is 0 Å². The van der Waals surface area contributed by atoms with Gasteiger partial charge in [0.2, 0.25) is 0 Å². The van der Waals surface area contributed by atoms with Gasteiger partial charge in [-0.25, -0.2) is 0 Å². The van der Waals surface area contributed by atoms with Crippen molar-refractivity contribution in [3.05, 3.63) is 0 Å². The molecule has 0 aromatic heterocycles. The topological polar surface area (TPSA) is 22.2 Å². The smallest absolute Gasteiger partial charge is 0.0880 e. The van der Waals surface area contributed by atoms with Crippen LogP contribution in [0.15, 0.2) is 0 Å². The predicted molar refractivity (Wildman–Crippen MR) is 107 cm³/mol. The van der Waals surface area contributed by atoms with Gasteiger partial charge in [0.05, 0.1) is 18.8 Å². The summed E-state index contributed by atoms with van der Waals surface area (Å²) >= 11 is 0. The number of nitrogens with zero attached hydrogens (tertiary/aromatic N) is 4. The fraction of sp³-hybridized carbons (Fsp3) is 1.00. The average Bonchev–Trinajstić information content (AvgIpc) is 2.94. The second kappa shape index (κ2) is 7.00. The van der Waals surface area contributed by atoms with E-state index in [0.717, 1.165) is 13.2 Å². The van der Waals surface area contributed by atoms with E-state index in [0.29, 0.717) is 29.1 Å². The SMILES string of the molecule is CC(C)N1CC2(CCN(CC3OCC3N3CCN(C(C)(C)C)CC3)C2)C1. The van der Waals surface area contributed by atoms with E-state index in [1.54, 1.807) is 0 Å². The number of likely N-dealkylation sites (tertiary alicyclic amines) is 2. The molecule has 0 aliphatic carbocycles. The lowest BCUT2D eigenvalue weighted by atomic mass is 9.78. The Labute approximate surface area is 160 Å². The van der Waals surface area contributed by atoms with E-state index in [1.165, 1.54) is 58.8 Å². The van der Waals surface area contributed by atoms with E-state index in [-0.39, 0.29) is 0 Å². The molecule has 150 valence electrons. The molecule has 0 amide bonds. The molecule has 26 heavy (non-hydrogen) atoms. The van der Waals surface area contributed by atoms with E-state index in [2.05, 4.69) is 54.2 Å². The summed E-state index contributed by atoms with van der Waals surface area (Å²) in [4.78, 5) is 10.6. The maximum absolute atomic E-state index is 6.02. The molecule has 0 N–H and O–H groups in total. The van der Waals surface area contributed by atoms with Crippen LogP contribution in [0.1, 0.15) is 41.0 Å². The Kier molecular flexibility index (Phi) is 5.15.